The fourth-order valence-electron chi connectivity index (χ4n) is 2.85. The van der Waals surface area contributed by atoms with Gasteiger partial charge < -0.3 is 9.42 Å². The van der Waals surface area contributed by atoms with Gasteiger partial charge in [0.05, 0.1) is 6.04 Å². The van der Waals surface area contributed by atoms with Gasteiger partial charge in [-0.2, -0.15) is 4.98 Å². The number of hydrogen-bond acceptors (Lipinski definition) is 4. The topological polar surface area (TPSA) is 59.2 Å². The van der Waals surface area contributed by atoms with Gasteiger partial charge in [0.25, 0.3) is 0 Å². The molecule has 1 saturated heterocycles. The monoisotopic (exact) mass is 249 g/mol. The molecule has 2 atom stereocenters. The predicted octanol–water partition coefficient (Wildman–Crippen LogP) is 2.17. The molecule has 2 heterocycles. The van der Waals surface area contributed by atoms with E-state index in [0.717, 1.165) is 25.8 Å². The molecule has 0 spiro atoms. The fraction of sp³-hybridized carbons (Fsp3) is 0.769. The van der Waals surface area contributed by atoms with Crippen LogP contribution in [-0.2, 0) is 4.79 Å². The van der Waals surface area contributed by atoms with Crippen molar-refractivity contribution >= 4 is 5.91 Å². The predicted molar refractivity (Wildman–Crippen MR) is 64.5 cm³/mol. The zero-order valence-electron chi connectivity index (χ0n) is 10.7. The highest BCUT2D eigenvalue weighted by molar-refractivity contribution is 5.79. The smallest absolute Gasteiger partial charge is 0.226 e. The largest absolute Gasteiger partial charge is 0.343 e. The average molecular weight is 249 g/mol. The molecule has 0 bridgehead atoms. The molecule has 2 fully saturated rings. The minimum atomic E-state index is 0.0196. The summed E-state index contributed by atoms with van der Waals surface area (Å²) in [5.74, 6) is 1.68. The Morgan fingerprint density at radius 2 is 2.28 bits per heavy atom. The second-order valence-electron chi connectivity index (χ2n) is 5.46. The molecule has 1 aliphatic carbocycles. The Hall–Kier alpha value is -1.39. The molecule has 0 radical (unpaired) electrons. The Kier molecular flexibility index (Phi) is 3.06. The maximum Gasteiger partial charge on any atom is 0.226 e. The third kappa shape index (κ3) is 2.13. The van der Waals surface area contributed by atoms with Gasteiger partial charge in [-0.15, -0.1) is 0 Å². The minimum Gasteiger partial charge on any atom is -0.343 e. The van der Waals surface area contributed by atoms with Gasteiger partial charge in [-0.05, 0) is 38.0 Å². The van der Waals surface area contributed by atoms with E-state index < -0.39 is 0 Å². The van der Waals surface area contributed by atoms with Gasteiger partial charge in [0, 0.05) is 12.5 Å². The first-order chi connectivity index (χ1) is 8.77. The summed E-state index contributed by atoms with van der Waals surface area (Å²) in [4.78, 5) is 18.6. The highest BCUT2D eigenvalue weighted by Gasteiger charge is 2.38. The number of hydrogen-bond donors (Lipinski definition) is 0. The Morgan fingerprint density at radius 1 is 1.44 bits per heavy atom. The van der Waals surface area contributed by atoms with Crippen molar-refractivity contribution in [3.05, 3.63) is 12.2 Å². The van der Waals surface area contributed by atoms with Crippen LogP contribution in [0, 0.1) is 11.8 Å². The lowest BCUT2D eigenvalue weighted by Crippen LogP contribution is -2.42. The van der Waals surface area contributed by atoms with Gasteiger partial charge >= 0.3 is 0 Å². The van der Waals surface area contributed by atoms with Crippen LogP contribution in [0.3, 0.4) is 0 Å². The lowest BCUT2D eigenvalue weighted by Gasteiger charge is -2.35. The molecule has 0 N–H and O–H groups in total. The summed E-state index contributed by atoms with van der Waals surface area (Å²) in [5, 5.41) is 3.91. The van der Waals surface area contributed by atoms with Gasteiger partial charge in [-0.1, -0.05) is 12.1 Å². The molecule has 1 saturated carbocycles. The first-order valence-corrected chi connectivity index (χ1v) is 6.84. The van der Waals surface area contributed by atoms with E-state index in [9.17, 15) is 4.79 Å². The molecular weight excluding hydrogens is 230 g/mol. The quantitative estimate of drug-likeness (QED) is 0.823. The van der Waals surface area contributed by atoms with Crippen LogP contribution < -0.4 is 0 Å². The van der Waals surface area contributed by atoms with E-state index >= 15 is 0 Å². The van der Waals surface area contributed by atoms with E-state index in [0.29, 0.717) is 11.7 Å². The molecule has 18 heavy (non-hydrogen) atoms. The Morgan fingerprint density at radius 3 is 2.94 bits per heavy atom. The maximum atomic E-state index is 12.5. The first kappa shape index (κ1) is 11.7. The van der Waals surface area contributed by atoms with E-state index in [4.69, 9.17) is 4.52 Å². The van der Waals surface area contributed by atoms with Crippen LogP contribution >= 0.6 is 0 Å². The van der Waals surface area contributed by atoms with Crippen molar-refractivity contribution < 1.29 is 9.32 Å². The summed E-state index contributed by atoms with van der Waals surface area (Å²) in [6.45, 7) is 2.89. The van der Waals surface area contributed by atoms with Crippen molar-refractivity contribution in [3.8, 4) is 0 Å². The molecule has 5 heteroatoms. The third-order valence-electron chi connectivity index (χ3n) is 4.18. The van der Waals surface area contributed by atoms with Crippen LogP contribution in [0.4, 0.5) is 0 Å². The fourth-order valence-corrected chi connectivity index (χ4v) is 2.85. The van der Waals surface area contributed by atoms with E-state index in [1.807, 2.05) is 4.90 Å². The lowest BCUT2D eigenvalue weighted by atomic mass is 9.97. The Labute approximate surface area is 107 Å². The van der Waals surface area contributed by atoms with Crippen LogP contribution in [0.2, 0.25) is 0 Å². The van der Waals surface area contributed by atoms with Gasteiger partial charge in [0.2, 0.25) is 12.3 Å². The summed E-state index contributed by atoms with van der Waals surface area (Å²) in [6.07, 6.45) is 6.90. The first-order valence-electron chi connectivity index (χ1n) is 6.84. The van der Waals surface area contributed by atoms with Crippen molar-refractivity contribution in [1.82, 2.24) is 15.0 Å². The zero-order chi connectivity index (χ0) is 12.5. The SMILES string of the molecule is CC(C(=O)N1CCCCC1c1ncon1)C1CC1. The van der Waals surface area contributed by atoms with Gasteiger partial charge in [-0.3, -0.25) is 4.79 Å². The van der Waals surface area contributed by atoms with E-state index in [2.05, 4.69) is 17.1 Å². The number of piperidine rings is 1. The average Bonchev–Trinajstić information content (AvgIpc) is 3.12. The molecule has 0 aromatic carbocycles. The Balaban J connectivity index is 1.76. The summed E-state index contributed by atoms with van der Waals surface area (Å²) in [7, 11) is 0. The van der Waals surface area contributed by atoms with E-state index in [1.165, 1.54) is 19.2 Å². The highest BCUT2D eigenvalue weighted by atomic mass is 16.5. The van der Waals surface area contributed by atoms with Crippen LogP contribution in [0.15, 0.2) is 10.9 Å². The van der Waals surface area contributed by atoms with Crippen molar-refractivity contribution in [1.29, 1.82) is 0 Å². The van der Waals surface area contributed by atoms with Gasteiger partial charge in [-0.25, -0.2) is 0 Å². The third-order valence-corrected chi connectivity index (χ3v) is 4.18. The van der Waals surface area contributed by atoms with Crippen molar-refractivity contribution in [3.63, 3.8) is 0 Å². The number of aromatic nitrogens is 2. The zero-order valence-corrected chi connectivity index (χ0v) is 10.7. The lowest BCUT2D eigenvalue weighted by molar-refractivity contribution is -0.139. The number of amides is 1. The van der Waals surface area contributed by atoms with Gasteiger partial charge in [0.15, 0.2) is 5.82 Å². The van der Waals surface area contributed by atoms with Gasteiger partial charge in [0.1, 0.15) is 0 Å². The van der Waals surface area contributed by atoms with Crippen molar-refractivity contribution in [2.45, 2.75) is 45.1 Å². The molecule has 1 amide bonds. The molecule has 2 aliphatic rings. The number of rotatable bonds is 3. The molecule has 98 valence electrons. The maximum absolute atomic E-state index is 12.5. The standard InChI is InChI=1S/C13H19N3O2/c1-9(10-5-6-10)13(17)16-7-3-2-4-11(16)12-14-8-18-15-12/h8-11H,2-7H2,1H3. The number of carbonyl (C=O) groups is 1. The van der Waals surface area contributed by atoms with E-state index in [1.54, 1.807) is 0 Å². The molecule has 1 aromatic heterocycles. The van der Waals surface area contributed by atoms with Crippen molar-refractivity contribution in [2.75, 3.05) is 6.54 Å². The van der Waals surface area contributed by atoms with Crippen LogP contribution in [-0.4, -0.2) is 27.5 Å². The number of carbonyl (C=O) groups excluding carboxylic acids is 1. The van der Waals surface area contributed by atoms with Crippen LogP contribution in [0.1, 0.15) is 50.9 Å². The summed E-state index contributed by atoms with van der Waals surface area (Å²) < 4.78 is 4.82. The molecule has 5 nitrogen and oxygen atoms in total. The normalized spacial score (nSPS) is 26.1. The summed E-state index contributed by atoms with van der Waals surface area (Å²) in [5.41, 5.74) is 0. The molecule has 2 unspecified atom stereocenters. The van der Waals surface area contributed by atoms with Crippen LogP contribution in [0.5, 0.6) is 0 Å². The summed E-state index contributed by atoms with van der Waals surface area (Å²) >= 11 is 0. The Bertz CT molecular complexity index is 414. The summed E-state index contributed by atoms with van der Waals surface area (Å²) in [6, 6.07) is 0.0196. The molecule has 1 aliphatic heterocycles. The molecular formula is C13H19N3O2. The minimum absolute atomic E-state index is 0.0196. The van der Waals surface area contributed by atoms with E-state index in [-0.39, 0.29) is 17.9 Å². The second-order valence-corrected chi connectivity index (χ2v) is 5.46. The van der Waals surface area contributed by atoms with Crippen LogP contribution in [0.25, 0.3) is 0 Å². The molecule has 1 aromatic rings. The second kappa shape index (κ2) is 4.71. The number of nitrogens with zero attached hydrogens (tertiary/aromatic N) is 3. The number of likely N-dealkylation sites (tertiary alicyclic amines) is 1. The van der Waals surface area contributed by atoms with Crippen molar-refractivity contribution in [2.24, 2.45) is 11.8 Å². The molecule has 3 rings (SSSR count). The highest BCUT2D eigenvalue weighted by Crippen LogP contribution is 2.39.